The molecule has 1 amide bonds. The van der Waals surface area contributed by atoms with Crippen molar-refractivity contribution in [3.63, 3.8) is 0 Å². The number of pyridine rings is 1. The van der Waals surface area contributed by atoms with E-state index in [0.29, 0.717) is 18.2 Å². The Labute approximate surface area is 130 Å². The minimum Gasteiger partial charge on any atom is -0.444 e. The van der Waals surface area contributed by atoms with Crippen molar-refractivity contribution in [1.82, 2.24) is 9.88 Å². The summed E-state index contributed by atoms with van der Waals surface area (Å²) in [7, 11) is 0. The molecule has 1 aliphatic heterocycles. The largest absolute Gasteiger partial charge is 0.444 e. The van der Waals surface area contributed by atoms with Crippen molar-refractivity contribution in [1.29, 1.82) is 0 Å². The highest BCUT2D eigenvalue weighted by Gasteiger charge is 2.24. The minimum absolute atomic E-state index is 0.239. The topological polar surface area (TPSA) is 45.7 Å². The number of rotatable bonds is 1. The summed E-state index contributed by atoms with van der Waals surface area (Å²) in [5.74, 6) is 0. The number of hydrogen-bond acceptors (Lipinski definition) is 4. The molecule has 116 valence electrons. The van der Waals surface area contributed by atoms with Crippen molar-refractivity contribution in [2.24, 2.45) is 0 Å². The highest BCUT2D eigenvalue weighted by molar-refractivity contribution is 6.29. The average molecular weight is 312 g/mol. The van der Waals surface area contributed by atoms with Gasteiger partial charge in [0.15, 0.2) is 0 Å². The number of carbonyl (C=O) groups is 1. The number of nitrogens with zero attached hydrogens (tertiary/aromatic N) is 3. The summed E-state index contributed by atoms with van der Waals surface area (Å²) in [5, 5.41) is 0.487. The number of aromatic nitrogens is 1. The van der Waals surface area contributed by atoms with Gasteiger partial charge in [-0.3, -0.25) is 0 Å². The van der Waals surface area contributed by atoms with Gasteiger partial charge < -0.3 is 14.5 Å². The van der Waals surface area contributed by atoms with Gasteiger partial charge in [0.1, 0.15) is 10.8 Å². The molecule has 0 unspecified atom stereocenters. The molecule has 1 aliphatic rings. The molecule has 21 heavy (non-hydrogen) atoms. The molecule has 2 heterocycles. The van der Waals surface area contributed by atoms with Crippen molar-refractivity contribution in [3.8, 4) is 0 Å². The molecule has 1 saturated heterocycles. The van der Waals surface area contributed by atoms with Gasteiger partial charge >= 0.3 is 6.09 Å². The van der Waals surface area contributed by atoms with Crippen LogP contribution in [0.1, 0.15) is 27.2 Å². The highest BCUT2D eigenvalue weighted by Crippen LogP contribution is 2.19. The van der Waals surface area contributed by atoms with Crippen LogP contribution in [0.15, 0.2) is 18.3 Å². The van der Waals surface area contributed by atoms with Gasteiger partial charge in [0.2, 0.25) is 0 Å². The van der Waals surface area contributed by atoms with E-state index in [1.54, 1.807) is 11.1 Å². The van der Waals surface area contributed by atoms with Crippen molar-refractivity contribution in [3.05, 3.63) is 23.5 Å². The maximum atomic E-state index is 12.1. The SMILES string of the molecule is CC(C)(C)OC(=O)N1CCCN(c2ccnc(Cl)c2)CC1. The Bertz CT molecular complexity index is 502. The number of carbonyl (C=O) groups excluding carboxylic acids is 1. The van der Waals surface area contributed by atoms with E-state index >= 15 is 0 Å². The molecule has 0 bridgehead atoms. The molecule has 6 heteroatoms. The second-order valence-electron chi connectivity index (χ2n) is 6.14. The number of halogens is 1. The van der Waals surface area contributed by atoms with E-state index < -0.39 is 5.60 Å². The molecule has 0 N–H and O–H groups in total. The minimum atomic E-state index is -0.457. The standard InChI is InChI=1S/C15H22ClN3O2/c1-15(2,3)21-14(20)19-8-4-7-18(9-10-19)12-5-6-17-13(16)11-12/h5-6,11H,4,7-10H2,1-3H3. The fourth-order valence-electron chi connectivity index (χ4n) is 2.27. The van der Waals surface area contributed by atoms with Gasteiger partial charge in [0.25, 0.3) is 0 Å². The number of anilines is 1. The molecule has 0 spiro atoms. The third-order valence-corrected chi connectivity index (χ3v) is 3.43. The first kappa shape index (κ1) is 15.9. The molecular formula is C15H22ClN3O2. The predicted molar refractivity (Wildman–Crippen MR) is 83.9 cm³/mol. The Hall–Kier alpha value is -1.49. The smallest absolute Gasteiger partial charge is 0.410 e. The van der Waals surface area contributed by atoms with Crippen LogP contribution in [0, 0.1) is 0 Å². The lowest BCUT2D eigenvalue weighted by molar-refractivity contribution is 0.0263. The highest BCUT2D eigenvalue weighted by atomic mass is 35.5. The van der Waals surface area contributed by atoms with Crippen molar-refractivity contribution < 1.29 is 9.53 Å². The Morgan fingerprint density at radius 1 is 1.29 bits per heavy atom. The monoisotopic (exact) mass is 311 g/mol. The molecule has 0 aliphatic carbocycles. The van der Waals surface area contributed by atoms with Crippen LogP contribution in [0.25, 0.3) is 0 Å². The van der Waals surface area contributed by atoms with Crippen LogP contribution in [0.4, 0.5) is 10.5 Å². The number of amides is 1. The van der Waals surface area contributed by atoms with Crippen LogP contribution in [-0.2, 0) is 4.74 Å². The zero-order chi connectivity index (χ0) is 15.5. The molecule has 1 aromatic heterocycles. The molecule has 0 atom stereocenters. The second kappa shape index (κ2) is 6.52. The summed E-state index contributed by atoms with van der Waals surface area (Å²) in [6, 6.07) is 3.79. The lowest BCUT2D eigenvalue weighted by Crippen LogP contribution is -2.39. The fourth-order valence-corrected chi connectivity index (χ4v) is 2.44. The Balaban J connectivity index is 1.97. The first-order valence-corrected chi connectivity index (χ1v) is 7.57. The second-order valence-corrected chi connectivity index (χ2v) is 6.53. The predicted octanol–water partition coefficient (Wildman–Crippen LogP) is 3.18. The lowest BCUT2D eigenvalue weighted by Gasteiger charge is -2.27. The maximum absolute atomic E-state index is 12.1. The molecule has 5 nitrogen and oxygen atoms in total. The van der Waals surface area contributed by atoms with Crippen LogP contribution in [0.2, 0.25) is 5.15 Å². The number of hydrogen-bond donors (Lipinski definition) is 0. The fraction of sp³-hybridized carbons (Fsp3) is 0.600. The maximum Gasteiger partial charge on any atom is 0.410 e. The van der Waals surface area contributed by atoms with Crippen LogP contribution >= 0.6 is 11.6 Å². The average Bonchev–Trinajstić information content (AvgIpc) is 2.62. The van der Waals surface area contributed by atoms with E-state index in [-0.39, 0.29) is 6.09 Å². The van der Waals surface area contributed by atoms with Gasteiger partial charge in [0, 0.05) is 38.1 Å². The summed E-state index contributed by atoms with van der Waals surface area (Å²) in [4.78, 5) is 20.1. The summed E-state index contributed by atoms with van der Waals surface area (Å²) < 4.78 is 5.43. The van der Waals surface area contributed by atoms with Gasteiger partial charge in [-0.1, -0.05) is 11.6 Å². The summed E-state index contributed by atoms with van der Waals surface area (Å²) in [6.07, 6.45) is 2.37. The zero-order valence-electron chi connectivity index (χ0n) is 12.8. The van der Waals surface area contributed by atoms with E-state index in [4.69, 9.17) is 16.3 Å². The van der Waals surface area contributed by atoms with Crippen molar-refractivity contribution in [2.45, 2.75) is 32.8 Å². The lowest BCUT2D eigenvalue weighted by atomic mass is 10.2. The summed E-state index contributed by atoms with van der Waals surface area (Å²) in [6.45, 7) is 8.66. The van der Waals surface area contributed by atoms with Crippen LogP contribution < -0.4 is 4.90 Å². The molecule has 2 rings (SSSR count). The van der Waals surface area contributed by atoms with Gasteiger partial charge in [-0.2, -0.15) is 0 Å². The van der Waals surface area contributed by atoms with E-state index in [1.165, 1.54) is 0 Å². The molecular weight excluding hydrogens is 290 g/mol. The Morgan fingerprint density at radius 3 is 2.71 bits per heavy atom. The third kappa shape index (κ3) is 4.77. The normalized spacial score (nSPS) is 16.6. The Kier molecular flexibility index (Phi) is 4.93. The van der Waals surface area contributed by atoms with Crippen molar-refractivity contribution >= 4 is 23.4 Å². The van der Waals surface area contributed by atoms with Gasteiger partial charge in [-0.05, 0) is 39.3 Å². The number of ether oxygens (including phenoxy) is 1. The van der Waals surface area contributed by atoms with Crippen LogP contribution in [-0.4, -0.2) is 47.8 Å². The van der Waals surface area contributed by atoms with Gasteiger partial charge in [-0.25, -0.2) is 9.78 Å². The molecule has 1 fully saturated rings. The van der Waals surface area contributed by atoms with Crippen LogP contribution in [0.3, 0.4) is 0 Å². The summed E-state index contributed by atoms with van der Waals surface area (Å²) >= 11 is 5.93. The summed E-state index contributed by atoms with van der Waals surface area (Å²) in [5.41, 5.74) is 0.586. The molecule has 0 aromatic carbocycles. The first-order valence-electron chi connectivity index (χ1n) is 7.19. The molecule has 1 aromatic rings. The first-order chi connectivity index (χ1) is 9.85. The van der Waals surface area contributed by atoms with E-state index in [9.17, 15) is 4.79 Å². The van der Waals surface area contributed by atoms with E-state index in [0.717, 1.165) is 25.2 Å². The van der Waals surface area contributed by atoms with E-state index in [2.05, 4.69) is 9.88 Å². The van der Waals surface area contributed by atoms with Crippen molar-refractivity contribution in [2.75, 3.05) is 31.1 Å². The van der Waals surface area contributed by atoms with Gasteiger partial charge in [0.05, 0.1) is 0 Å². The van der Waals surface area contributed by atoms with E-state index in [1.807, 2.05) is 32.9 Å². The zero-order valence-corrected chi connectivity index (χ0v) is 13.6. The molecule has 0 radical (unpaired) electrons. The quantitative estimate of drug-likeness (QED) is 0.747. The Morgan fingerprint density at radius 2 is 2.05 bits per heavy atom. The third-order valence-electron chi connectivity index (χ3n) is 3.22. The van der Waals surface area contributed by atoms with Gasteiger partial charge in [-0.15, -0.1) is 0 Å². The molecule has 0 saturated carbocycles. The van der Waals surface area contributed by atoms with Crippen LogP contribution in [0.5, 0.6) is 0 Å².